The lowest BCUT2D eigenvalue weighted by molar-refractivity contribution is 0.0594. The highest BCUT2D eigenvalue weighted by molar-refractivity contribution is 5.92. The molecule has 1 aromatic rings. The van der Waals surface area contributed by atoms with Gasteiger partial charge >= 0.3 is 5.97 Å². The molecular weight excluding hydrogens is 194 g/mol. The summed E-state index contributed by atoms with van der Waals surface area (Å²) in [5.74, 6) is -0.468. The van der Waals surface area contributed by atoms with E-state index in [-0.39, 0.29) is 5.69 Å². The highest BCUT2D eigenvalue weighted by atomic mass is 16.5. The molecule has 0 atom stereocenters. The van der Waals surface area contributed by atoms with E-state index in [4.69, 9.17) is 5.73 Å². The molecule has 0 aliphatic heterocycles. The molecule has 0 amide bonds. The molecule has 0 aromatic carbocycles. The Morgan fingerprint density at radius 2 is 2.27 bits per heavy atom. The van der Waals surface area contributed by atoms with Gasteiger partial charge in [0, 0.05) is 6.20 Å². The van der Waals surface area contributed by atoms with Gasteiger partial charge in [0.2, 0.25) is 0 Å². The number of hydrogen-bond acceptors (Lipinski definition) is 4. The quantitative estimate of drug-likeness (QED) is 0.747. The molecule has 1 saturated carbocycles. The molecule has 82 valence electrons. The Morgan fingerprint density at radius 1 is 1.60 bits per heavy atom. The smallest absolute Gasteiger partial charge is 0.360 e. The van der Waals surface area contributed by atoms with Crippen molar-refractivity contribution < 1.29 is 9.53 Å². The number of nitrogens with zero attached hydrogens (tertiary/aromatic N) is 2. The summed E-state index contributed by atoms with van der Waals surface area (Å²) < 4.78 is 6.40. The Hall–Kier alpha value is -1.52. The van der Waals surface area contributed by atoms with Crippen LogP contribution in [-0.4, -0.2) is 22.9 Å². The summed E-state index contributed by atoms with van der Waals surface area (Å²) >= 11 is 0. The number of ether oxygens (including phenoxy) is 1. The summed E-state index contributed by atoms with van der Waals surface area (Å²) in [6.45, 7) is 0. The van der Waals surface area contributed by atoms with Crippen LogP contribution in [0, 0.1) is 0 Å². The van der Waals surface area contributed by atoms with Crippen LogP contribution in [0.15, 0.2) is 6.20 Å². The van der Waals surface area contributed by atoms with Crippen LogP contribution >= 0.6 is 0 Å². The van der Waals surface area contributed by atoms with E-state index in [0.717, 1.165) is 12.8 Å². The summed E-state index contributed by atoms with van der Waals surface area (Å²) in [5, 5.41) is 4.18. The molecular formula is C10H15N3O2. The van der Waals surface area contributed by atoms with Gasteiger partial charge in [-0.3, -0.25) is 4.68 Å². The second-order valence-corrected chi connectivity index (χ2v) is 3.84. The number of aromatic nitrogens is 2. The van der Waals surface area contributed by atoms with Gasteiger partial charge in [0.25, 0.3) is 0 Å². The second kappa shape index (κ2) is 3.92. The van der Waals surface area contributed by atoms with E-state index in [9.17, 15) is 4.79 Å². The van der Waals surface area contributed by atoms with E-state index < -0.39 is 5.97 Å². The zero-order valence-electron chi connectivity index (χ0n) is 8.77. The van der Waals surface area contributed by atoms with E-state index in [2.05, 4.69) is 9.84 Å². The predicted molar refractivity (Wildman–Crippen MR) is 55.5 cm³/mol. The van der Waals surface area contributed by atoms with Gasteiger partial charge in [0.05, 0.1) is 18.8 Å². The van der Waals surface area contributed by atoms with Crippen LogP contribution in [0.4, 0.5) is 5.69 Å². The second-order valence-electron chi connectivity index (χ2n) is 3.84. The Labute approximate surface area is 88.2 Å². The molecule has 1 aliphatic rings. The van der Waals surface area contributed by atoms with Gasteiger partial charge < -0.3 is 10.5 Å². The number of nitrogens with two attached hydrogens (primary N) is 1. The first-order valence-corrected chi connectivity index (χ1v) is 5.15. The van der Waals surface area contributed by atoms with Crippen molar-refractivity contribution in [2.75, 3.05) is 12.8 Å². The molecule has 1 aromatic heterocycles. The predicted octanol–water partition coefficient (Wildman–Crippen LogP) is 1.37. The number of methoxy groups -OCH3 is 1. The lowest BCUT2D eigenvalue weighted by Crippen LogP contribution is -2.08. The molecule has 0 spiro atoms. The van der Waals surface area contributed by atoms with E-state index in [1.807, 2.05) is 0 Å². The summed E-state index contributed by atoms with van der Waals surface area (Å²) in [7, 11) is 1.33. The Balaban J connectivity index is 2.23. The topological polar surface area (TPSA) is 70.1 Å². The lowest BCUT2D eigenvalue weighted by Gasteiger charge is -2.08. The number of anilines is 1. The largest absolute Gasteiger partial charge is 0.464 e. The number of hydrogen-bond donors (Lipinski definition) is 1. The van der Waals surface area contributed by atoms with E-state index in [0.29, 0.717) is 11.7 Å². The fourth-order valence-corrected chi connectivity index (χ4v) is 2.02. The van der Waals surface area contributed by atoms with Crippen LogP contribution < -0.4 is 5.73 Å². The lowest BCUT2D eigenvalue weighted by atomic mass is 10.3. The summed E-state index contributed by atoms with van der Waals surface area (Å²) in [5.41, 5.74) is 6.32. The molecule has 1 aliphatic carbocycles. The summed E-state index contributed by atoms with van der Waals surface area (Å²) in [6.07, 6.45) is 6.39. The van der Waals surface area contributed by atoms with Crippen LogP contribution in [0.2, 0.25) is 0 Å². The maximum atomic E-state index is 11.3. The van der Waals surface area contributed by atoms with E-state index in [1.165, 1.54) is 20.0 Å². The van der Waals surface area contributed by atoms with Gasteiger partial charge in [0.15, 0.2) is 5.69 Å². The average molecular weight is 209 g/mol. The first-order chi connectivity index (χ1) is 7.22. The van der Waals surface area contributed by atoms with Crippen LogP contribution in [0.1, 0.15) is 42.2 Å². The van der Waals surface area contributed by atoms with Crippen molar-refractivity contribution in [3.8, 4) is 0 Å². The molecule has 2 rings (SSSR count). The van der Waals surface area contributed by atoms with Gasteiger partial charge in [-0.2, -0.15) is 5.10 Å². The molecule has 15 heavy (non-hydrogen) atoms. The third-order valence-corrected chi connectivity index (χ3v) is 2.84. The molecule has 1 fully saturated rings. The molecule has 1 heterocycles. The van der Waals surface area contributed by atoms with E-state index >= 15 is 0 Å². The van der Waals surface area contributed by atoms with Gasteiger partial charge in [-0.05, 0) is 12.8 Å². The monoisotopic (exact) mass is 209 g/mol. The Bertz CT molecular complexity index is 367. The number of nitrogen functional groups attached to an aromatic ring is 1. The van der Waals surface area contributed by atoms with Crippen molar-refractivity contribution in [2.45, 2.75) is 31.7 Å². The average Bonchev–Trinajstić information content (AvgIpc) is 2.84. The van der Waals surface area contributed by atoms with E-state index in [1.54, 1.807) is 10.9 Å². The van der Waals surface area contributed by atoms with Crippen molar-refractivity contribution in [1.29, 1.82) is 0 Å². The molecule has 5 nitrogen and oxygen atoms in total. The van der Waals surface area contributed by atoms with Gasteiger partial charge in [-0.15, -0.1) is 0 Å². The zero-order valence-corrected chi connectivity index (χ0v) is 8.77. The van der Waals surface area contributed by atoms with Gasteiger partial charge in [-0.25, -0.2) is 4.79 Å². The molecule has 0 radical (unpaired) electrons. The maximum Gasteiger partial charge on any atom is 0.360 e. The fourth-order valence-electron chi connectivity index (χ4n) is 2.02. The van der Waals surface area contributed by atoms with Gasteiger partial charge in [-0.1, -0.05) is 12.8 Å². The molecule has 0 unspecified atom stereocenters. The maximum absolute atomic E-state index is 11.3. The zero-order chi connectivity index (χ0) is 10.8. The minimum Gasteiger partial charge on any atom is -0.464 e. The Kier molecular flexibility index (Phi) is 2.62. The van der Waals surface area contributed by atoms with Crippen molar-refractivity contribution in [1.82, 2.24) is 9.78 Å². The molecule has 2 N–H and O–H groups in total. The number of rotatable bonds is 2. The van der Waals surface area contributed by atoms with Crippen molar-refractivity contribution in [3.05, 3.63) is 11.9 Å². The Morgan fingerprint density at radius 3 is 2.87 bits per heavy atom. The van der Waals surface area contributed by atoms with Crippen molar-refractivity contribution in [2.24, 2.45) is 0 Å². The molecule has 0 bridgehead atoms. The molecule has 0 saturated heterocycles. The third-order valence-electron chi connectivity index (χ3n) is 2.84. The van der Waals surface area contributed by atoms with Crippen molar-refractivity contribution in [3.63, 3.8) is 0 Å². The van der Waals surface area contributed by atoms with Gasteiger partial charge in [0.1, 0.15) is 0 Å². The van der Waals surface area contributed by atoms with Crippen LogP contribution in [0.5, 0.6) is 0 Å². The number of carbonyl (C=O) groups excluding carboxylic acids is 1. The van der Waals surface area contributed by atoms with Crippen LogP contribution in [0.3, 0.4) is 0 Å². The SMILES string of the molecule is COC(=O)c1nn(C2CCCC2)cc1N. The normalized spacial score (nSPS) is 16.9. The summed E-state index contributed by atoms with van der Waals surface area (Å²) in [4.78, 5) is 11.3. The minimum absolute atomic E-state index is 0.226. The first kappa shape index (κ1) is 10.0. The van der Waals surface area contributed by atoms with Crippen LogP contribution in [0.25, 0.3) is 0 Å². The third kappa shape index (κ3) is 1.82. The molecule has 5 heteroatoms. The number of esters is 1. The van der Waals surface area contributed by atoms with Crippen molar-refractivity contribution >= 4 is 11.7 Å². The fraction of sp³-hybridized carbons (Fsp3) is 0.600. The minimum atomic E-state index is -0.468. The highest BCUT2D eigenvalue weighted by Crippen LogP contribution is 2.29. The highest BCUT2D eigenvalue weighted by Gasteiger charge is 2.21. The van der Waals surface area contributed by atoms with Crippen LogP contribution in [-0.2, 0) is 4.74 Å². The first-order valence-electron chi connectivity index (χ1n) is 5.15. The number of carbonyl (C=O) groups is 1. The standard InChI is InChI=1S/C10H15N3O2/c1-15-10(14)9-8(11)6-13(12-9)7-4-2-3-5-7/h6-7H,2-5,11H2,1H3. The summed E-state index contributed by atoms with van der Waals surface area (Å²) in [6, 6.07) is 0.394.